The van der Waals surface area contributed by atoms with Crippen molar-refractivity contribution in [3.05, 3.63) is 50.7 Å². The summed E-state index contributed by atoms with van der Waals surface area (Å²) >= 11 is 7.62. The lowest BCUT2D eigenvalue weighted by Crippen LogP contribution is -2.47. The fraction of sp³-hybridized carbons (Fsp3) is 0.474. The molecule has 0 amide bonds. The molecule has 0 radical (unpaired) electrons. The second kappa shape index (κ2) is 8.40. The second-order valence-electron chi connectivity index (χ2n) is 6.91. The van der Waals surface area contributed by atoms with Gasteiger partial charge >= 0.3 is 0 Å². The highest BCUT2D eigenvalue weighted by Crippen LogP contribution is 2.23. The normalized spacial score (nSPS) is 16.9. The summed E-state index contributed by atoms with van der Waals surface area (Å²) in [6.07, 6.45) is 0. The third-order valence-electron chi connectivity index (χ3n) is 4.83. The number of nitrogens with zero attached hydrogens (tertiary/aromatic N) is 2. The minimum atomic E-state index is -3.24. The number of hydrogen-bond donors (Lipinski definition) is 0. The molecule has 2 heterocycles. The number of sulfone groups is 1. The van der Waals surface area contributed by atoms with E-state index in [1.807, 2.05) is 32.0 Å². The van der Waals surface area contributed by atoms with Gasteiger partial charge in [-0.25, -0.2) is 8.42 Å². The van der Waals surface area contributed by atoms with Crippen molar-refractivity contribution in [3.8, 4) is 0 Å². The van der Waals surface area contributed by atoms with Crippen LogP contribution in [0.2, 0.25) is 4.34 Å². The zero-order valence-corrected chi connectivity index (χ0v) is 17.6. The first-order valence-electron chi connectivity index (χ1n) is 8.82. The molecule has 0 bridgehead atoms. The van der Waals surface area contributed by atoms with Gasteiger partial charge in [0.1, 0.15) is 0 Å². The Balaban J connectivity index is 1.51. The molecule has 3 rings (SSSR count). The van der Waals surface area contributed by atoms with Crippen molar-refractivity contribution in [2.75, 3.05) is 38.5 Å². The summed E-state index contributed by atoms with van der Waals surface area (Å²) in [5.74, 6) is 0.178. The van der Waals surface area contributed by atoms with Crippen LogP contribution >= 0.6 is 22.9 Å². The van der Waals surface area contributed by atoms with Gasteiger partial charge in [0.25, 0.3) is 0 Å². The van der Waals surface area contributed by atoms with Gasteiger partial charge in [0.05, 0.1) is 15.0 Å². The summed E-state index contributed by atoms with van der Waals surface area (Å²) in [4.78, 5) is 6.41. The Labute approximate surface area is 165 Å². The number of hydrogen-bond acceptors (Lipinski definition) is 5. The molecule has 1 aromatic heterocycles. The monoisotopic (exact) mass is 412 g/mol. The number of benzene rings is 1. The number of thiophene rings is 1. The van der Waals surface area contributed by atoms with E-state index in [4.69, 9.17) is 11.6 Å². The van der Waals surface area contributed by atoms with E-state index >= 15 is 0 Å². The van der Waals surface area contributed by atoms with E-state index in [0.29, 0.717) is 11.4 Å². The summed E-state index contributed by atoms with van der Waals surface area (Å²) in [5.41, 5.74) is 1.81. The molecule has 1 aliphatic rings. The molecule has 1 aromatic carbocycles. The number of rotatable bonds is 6. The molecule has 4 nitrogen and oxygen atoms in total. The molecule has 1 aliphatic heterocycles. The first-order chi connectivity index (χ1) is 12.3. The van der Waals surface area contributed by atoms with Crippen LogP contribution in [0.3, 0.4) is 0 Å². The van der Waals surface area contributed by atoms with Crippen LogP contribution in [0.4, 0.5) is 0 Å². The standard InChI is InChI=1S/C19H25ClN2O2S2/c1-15-3-4-16(2)18(13-15)26(23,24)12-11-21-7-9-22(10-8-21)14-17-5-6-19(20)25-17/h3-6,13H,7-12,14H2,1-2H3. The fourth-order valence-electron chi connectivity index (χ4n) is 3.23. The van der Waals surface area contributed by atoms with Gasteiger partial charge in [0, 0.05) is 44.1 Å². The molecular weight excluding hydrogens is 388 g/mol. The van der Waals surface area contributed by atoms with E-state index < -0.39 is 9.84 Å². The van der Waals surface area contributed by atoms with E-state index in [1.54, 1.807) is 17.4 Å². The Bertz CT molecular complexity index is 856. The highest BCUT2D eigenvalue weighted by atomic mass is 35.5. The molecule has 1 fully saturated rings. The first-order valence-corrected chi connectivity index (χ1v) is 11.7. The van der Waals surface area contributed by atoms with E-state index in [1.165, 1.54) is 4.88 Å². The summed E-state index contributed by atoms with van der Waals surface area (Å²) in [6, 6.07) is 9.65. The maximum atomic E-state index is 12.7. The lowest BCUT2D eigenvalue weighted by atomic mass is 10.2. The van der Waals surface area contributed by atoms with Gasteiger partial charge in [-0.15, -0.1) is 11.3 Å². The lowest BCUT2D eigenvalue weighted by Gasteiger charge is -2.34. The third kappa shape index (κ3) is 5.08. The molecule has 7 heteroatoms. The Kier molecular flexibility index (Phi) is 6.41. The van der Waals surface area contributed by atoms with Crippen LogP contribution in [-0.2, 0) is 16.4 Å². The number of halogens is 1. The quantitative estimate of drug-likeness (QED) is 0.726. The van der Waals surface area contributed by atoms with Crippen LogP contribution in [-0.4, -0.2) is 56.7 Å². The zero-order chi connectivity index (χ0) is 18.7. The highest BCUT2D eigenvalue weighted by Gasteiger charge is 2.22. The van der Waals surface area contributed by atoms with Crippen molar-refractivity contribution in [1.82, 2.24) is 9.80 Å². The van der Waals surface area contributed by atoms with Crippen LogP contribution in [0.5, 0.6) is 0 Å². The number of aryl methyl sites for hydroxylation is 2. The summed E-state index contributed by atoms with van der Waals surface area (Å²) in [6.45, 7) is 9.03. The smallest absolute Gasteiger partial charge is 0.179 e. The maximum Gasteiger partial charge on any atom is 0.179 e. The van der Waals surface area contributed by atoms with Crippen molar-refractivity contribution < 1.29 is 8.42 Å². The molecule has 26 heavy (non-hydrogen) atoms. The Morgan fingerprint density at radius 1 is 1.04 bits per heavy atom. The Hall–Kier alpha value is -0.920. The molecule has 0 unspecified atom stereocenters. The van der Waals surface area contributed by atoms with E-state index in [2.05, 4.69) is 15.9 Å². The van der Waals surface area contributed by atoms with Gasteiger partial charge < -0.3 is 0 Å². The predicted octanol–water partition coefficient (Wildman–Crippen LogP) is 3.61. The van der Waals surface area contributed by atoms with Gasteiger partial charge in [-0.3, -0.25) is 9.80 Å². The van der Waals surface area contributed by atoms with Gasteiger partial charge in [-0.05, 0) is 43.2 Å². The van der Waals surface area contributed by atoms with Crippen LogP contribution in [0.1, 0.15) is 16.0 Å². The Morgan fingerprint density at radius 2 is 1.73 bits per heavy atom. The Morgan fingerprint density at radius 3 is 2.38 bits per heavy atom. The summed E-state index contributed by atoms with van der Waals surface area (Å²) in [7, 11) is -3.24. The van der Waals surface area contributed by atoms with Crippen molar-refractivity contribution in [3.63, 3.8) is 0 Å². The van der Waals surface area contributed by atoms with Gasteiger partial charge in [-0.1, -0.05) is 23.7 Å². The largest absolute Gasteiger partial charge is 0.300 e. The van der Waals surface area contributed by atoms with Crippen LogP contribution in [0.15, 0.2) is 35.2 Å². The SMILES string of the molecule is Cc1ccc(C)c(S(=O)(=O)CCN2CCN(Cc3ccc(Cl)s3)CC2)c1. The summed E-state index contributed by atoms with van der Waals surface area (Å²) < 4.78 is 26.2. The van der Waals surface area contributed by atoms with Crippen LogP contribution in [0, 0.1) is 13.8 Å². The van der Waals surface area contributed by atoms with Crippen molar-refractivity contribution >= 4 is 32.8 Å². The molecule has 0 aliphatic carbocycles. The maximum absolute atomic E-state index is 12.7. The molecule has 0 atom stereocenters. The van der Waals surface area contributed by atoms with Crippen LogP contribution < -0.4 is 0 Å². The number of piperazine rings is 1. The summed E-state index contributed by atoms with van der Waals surface area (Å²) in [5, 5.41) is 0. The lowest BCUT2D eigenvalue weighted by molar-refractivity contribution is 0.133. The average Bonchev–Trinajstić information content (AvgIpc) is 3.01. The van der Waals surface area contributed by atoms with E-state index in [9.17, 15) is 8.42 Å². The predicted molar refractivity (Wildman–Crippen MR) is 109 cm³/mol. The van der Waals surface area contributed by atoms with Crippen molar-refractivity contribution in [2.45, 2.75) is 25.3 Å². The van der Waals surface area contributed by atoms with E-state index in [-0.39, 0.29) is 5.75 Å². The van der Waals surface area contributed by atoms with Crippen molar-refractivity contribution in [2.24, 2.45) is 0 Å². The second-order valence-corrected chi connectivity index (χ2v) is 10.8. The molecule has 2 aromatic rings. The molecule has 0 saturated carbocycles. The van der Waals surface area contributed by atoms with Crippen molar-refractivity contribution in [1.29, 1.82) is 0 Å². The zero-order valence-electron chi connectivity index (χ0n) is 15.2. The van der Waals surface area contributed by atoms with E-state index in [0.717, 1.165) is 48.2 Å². The first kappa shape index (κ1) is 19.8. The van der Waals surface area contributed by atoms with Crippen LogP contribution in [0.25, 0.3) is 0 Å². The van der Waals surface area contributed by atoms with Gasteiger partial charge in [0.2, 0.25) is 0 Å². The third-order valence-corrected chi connectivity index (χ3v) is 7.87. The van der Waals surface area contributed by atoms with Gasteiger partial charge in [0.15, 0.2) is 9.84 Å². The van der Waals surface area contributed by atoms with Gasteiger partial charge in [-0.2, -0.15) is 0 Å². The highest BCUT2D eigenvalue weighted by molar-refractivity contribution is 7.91. The topological polar surface area (TPSA) is 40.6 Å². The molecule has 0 spiro atoms. The molecule has 0 N–H and O–H groups in total. The minimum absolute atomic E-state index is 0.178. The minimum Gasteiger partial charge on any atom is -0.300 e. The average molecular weight is 413 g/mol. The molecule has 142 valence electrons. The molecular formula is C19H25ClN2O2S2. The fourth-order valence-corrected chi connectivity index (χ4v) is 6.00. The molecule has 1 saturated heterocycles.